The lowest BCUT2D eigenvalue weighted by molar-refractivity contribution is -0.127. The number of hydrogen-bond acceptors (Lipinski definition) is 11. The summed E-state index contributed by atoms with van der Waals surface area (Å²) < 4.78 is 46.4. The van der Waals surface area contributed by atoms with Crippen molar-refractivity contribution in [2.24, 2.45) is 0 Å². The Morgan fingerprint density at radius 1 is 1.00 bits per heavy atom. The van der Waals surface area contributed by atoms with Crippen molar-refractivity contribution in [1.82, 2.24) is 25.3 Å². The molecule has 14 heteroatoms. The Labute approximate surface area is 278 Å². The van der Waals surface area contributed by atoms with E-state index in [1.54, 1.807) is 37.4 Å². The third kappa shape index (κ3) is 5.26. The van der Waals surface area contributed by atoms with Crippen molar-refractivity contribution < 1.29 is 27.2 Å². The predicted molar refractivity (Wildman–Crippen MR) is 174 cm³/mol. The van der Waals surface area contributed by atoms with E-state index in [-0.39, 0.29) is 10.6 Å². The molecule has 246 valence electrons. The Bertz CT molecular complexity index is 1880. The molecule has 1 amide bonds. The van der Waals surface area contributed by atoms with E-state index in [4.69, 9.17) is 25.6 Å². The Kier molecular flexibility index (Phi) is 8.43. The number of ether oxygens (including phenoxy) is 2. The van der Waals surface area contributed by atoms with Gasteiger partial charge in [0.05, 0.1) is 30.8 Å². The second-order valence-corrected chi connectivity index (χ2v) is 14.0. The highest BCUT2D eigenvalue weighted by atomic mass is 35.5. The number of amides is 1. The fourth-order valence-corrected chi connectivity index (χ4v) is 8.79. The number of likely N-dealkylation sites (tertiary alicyclic amines) is 1. The van der Waals surface area contributed by atoms with E-state index < -0.39 is 27.5 Å². The summed E-state index contributed by atoms with van der Waals surface area (Å²) in [6, 6.07) is 16.2. The summed E-state index contributed by atoms with van der Waals surface area (Å²) in [6.07, 6.45) is 2.59. The first-order valence-electron chi connectivity index (χ1n) is 15.5. The number of nitrogens with zero attached hydrogens (tertiary/aromatic N) is 5. The molecule has 2 fully saturated rings. The maximum absolute atomic E-state index is 15.5. The highest BCUT2D eigenvalue weighted by molar-refractivity contribution is 7.93. The number of carbonyl (C=O) groups is 1. The first kappa shape index (κ1) is 31.6. The molecule has 4 aromatic rings. The minimum atomic E-state index is -4.42. The first-order chi connectivity index (χ1) is 22.8. The van der Waals surface area contributed by atoms with E-state index in [2.05, 4.69) is 20.4 Å². The molecular formula is C33H35ClN6O6S. The van der Waals surface area contributed by atoms with E-state index in [1.165, 1.54) is 25.6 Å². The average Bonchev–Trinajstić information content (AvgIpc) is 3.84. The maximum Gasteiger partial charge on any atom is 0.271 e. The molecule has 7 rings (SSSR count). The van der Waals surface area contributed by atoms with Crippen LogP contribution >= 0.6 is 11.6 Å². The number of methoxy groups -OCH3 is 2. The van der Waals surface area contributed by atoms with Crippen LogP contribution in [0.3, 0.4) is 0 Å². The third-order valence-corrected chi connectivity index (χ3v) is 11.2. The molecule has 2 saturated heterocycles. The van der Waals surface area contributed by atoms with Crippen LogP contribution in [0.2, 0.25) is 5.02 Å². The summed E-state index contributed by atoms with van der Waals surface area (Å²) in [4.78, 5) is 24.2. The minimum Gasteiger partial charge on any atom is -0.497 e. The summed E-state index contributed by atoms with van der Waals surface area (Å²) >= 11 is 6.68. The Morgan fingerprint density at radius 2 is 1.79 bits per heavy atom. The largest absolute Gasteiger partial charge is 0.497 e. The van der Waals surface area contributed by atoms with Gasteiger partial charge in [-0.1, -0.05) is 22.8 Å². The number of benzene rings is 3. The molecule has 2 atom stereocenters. The quantitative estimate of drug-likeness (QED) is 0.276. The van der Waals surface area contributed by atoms with Crippen molar-refractivity contribution in [3.63, 3.8) is 0 Å². The third-order valence-electron chi connectivity index (χ3n) is 9.29. The molecule has 2 unspecified atom stereocenters. The van der Waals surface area contributed by atoms with E-state index in [1.807, 2.05) is 23.1 Å². The molecule has 1 aromatic heterocycles. The van der Waals surface area contributed by atoms with Crippen LogP contribution in [0.25, 0.3) is 0 Å². The fraction of sp³-hybridized carbons (Fsp3) is 0.364. The second kappa shape index (κ2) is 12.5. The zero-order valence-corrected chi connectivity index (χ0v) is 27.6. The van der Waals surface area contributed by atoms with Crippen LogP contribution in [0.4, 0.5) is 5.69 Å². The lowest BCUT2D eigenvalue weighted by Gasteiger charge is -2.41. The topological polar surface area (TPSA) is 130 Å². The fourth-order valence-electron chi connectivity index (χ4n) is 7.16. The molecule has 47 heavy (non-hydrogen) atoms. The SMILES string of the molecule is COc1ccc(S(=O)(=O)N2C(=O)C(c3cc(CN4CCNCC4)ccc3OC)(N3CCCC3c3ncon3)c3cc(Cl)ccc32)cc1. The number of anilines is 1. The number of nitrogens with one attached hydrogen (secondary N) is 1. The van der Waals surface area contributed by atoms with E-state index in [9.17, 15) is 8.42 Å². The van der Waals surface area contributed by atoms with Gasteiger partial charge in [0.2, 0.25) is 6.39 Å². The maximum atomic E-state index is 15.5. The van der Waals surface area contributed by atoms with Gasteiger partial charge >= 0.3 is 0 Å². The van der Waals surface area contributed by atoms with E-state index in [0.717, 1.165) is 36.0 Å². The van der Waals surface area contributed by atoms with Gasteiger partial charge in [-0.15, -0.1) is 0 Å². The average molecular weight is 679 g/mol. The molecule has 0 saturated carbocycles. The van der Waals surface area contributed by atoms with Crippen LogP contribution in [-0.2, 0) is 26.9 Å². The van der Waals surface area contributed by atoms with Crippen LogP contribution in [0.1, 0.15) is 41.4 Å². The Balaban J connectivity index is 1.48. The second-order valence-electron chi connectivity index (χ2n) is 11.8. The minimum absolute atomic E-state index is 0.0566. The van der Waals surface area contributed by atoms with Crippen molar-refractivity contribution >= 4 is 33.2 Å². The lowest BCUT2D eigenvalue weighted by Crippen LogP contribution is -2.55. The molecule has 12 nitrogen and oxygen atoms in total. The van der Waals surface area contributed by atoms with Crippen LogP contribution in [0.5, 0.6) is 11.5 Å². The summed E-state index contributed by atoms with van der Waals surface area (Å²) in [7, 11) is -1.37. The predicted octanol–water partition coefficient (Wildman–Crippen LogP) is 3.96. The van der Waals surface area contributed by atoms with Crippen LogP contribution < -0.4 is 19.1 Å². The van der Waals surface area contributed by atoms with Gasteiger partial charge in [-0.25, -0.2) is 12.7 Å². The zero-order chi connectivity index (χ0) is 32.8. The number of sulfonamides is 1. The summed E-state index contributed by atoms with van der Waals surface area (Å²) in [5, 5.41) is 7.90. The lowest BCUT2D eigenvalue weighted by atomic mass is 9.80. The molecule has 3 aliphatic heterocycles. The van der Waals surface area contributed by atoms with Crippen LogP contribution in [0, 0.1) is 0 Å². The first-order valence-corrected chi connectivity index (χ1v) is 17.3. The highest BCUT2D eigenvalue weighted by Gasteiger charge is 2.62. The van der Waals surface area contributed by atoms with Gasteiger partial charge in [-0.2, -0.15) is 4.98 Å². The van der Waals surface area contributed by atoms with Crippen molar-refractivity contribution in [2.75, 3.05) is 51.2 Å². The van der Waals surface area contributed by atoms with Gasteiger partial charge in [0.15, 0.2) is 11.4 Å². The number of aromatic nitrogens is 2. The van der Waals surface area contributed by atoms with Crippen LogP contribution in [0.15, 0.2) is 76.5 Å². The normalized spacial score (nSPS) is 22.1. The number of rotatable bonds is 9. The Morgan fingerprint density at radius 3 is 2.49 bits per heavy atom. The number of piperazine rings is 1. The zero-order valence-electron chi connectivity index (χ0n) is 26.1. The molecule has 1 N–H and O–H groups in total. The summed E-state index contributed by atoms with van der Waals surface area (Å²) in [5.41, 5.74) is 0.449. The molecular weight excluding hydrogens is 644 g/mol. The molecule has 0 spiro atoms. The van der Waals surface area contributed by atoms with Gasteiger partial charge in [0, 0.05) is 55.4 Å². The molecule has 0 bridgehead atoms. The Hall–Kier alpha value is -4.01. The van der Waals surface area contributed by atoms with Gasteiger partial charge in [0.1, 0.15) is 11.5 Å². The number of carbonyl (C=O) groups excluding carboxylic acids is 1. The van der Waals surface area contributed by atoms with Gasteiger partial charge in [-0.05, 0) is 73.0 Å². The van der Waals surface area contributed by atoms with E-state index >= 15 is 4.79 Å². The van der Waals surface area contributed by atoms with Crippen molar-refractivity contribution in [2.45, 2.75) is 35.9 Å². The molecule has 3 aromatic carbocycles. The standard InChI is InChI=1S/C33H35ClN6O6S/c1-44-24-7-9-25(10-8-24)47(42,43)40-28-11-6-23(34)19-26(28)33(32(40)41,39-15-3-4-29(39)31-36-21-46-37-31)27-18-22(5-12-30(27)45-2)20-38-16-13-35-14-17-38/h5-12,18-19,21,29,35H,3-4,13-17,20H2,1-2H3. The summed E-state index contributed by atoms with van der Waals surface area (Å²) in [5.74, 6) is 0.671. The molecule has 0 aliphatic carbocycles. The number of halogens is 1. The van der Waals surface area contributed by atoms with Crippen molar-refractivity contribution in [3.8, 4) is 11.5 Å². The van der Waals surface area contributed by atoms with Gasteiger partial charge in [0.25, 0.3) is 15.9 Å². The highest BCUT2D eigenvalue weighted by Crippen LogP contribution is 2.56. The van der Waals surface area contributed by atoms with E-state index in [0.29, 0.717) is 59.4 Å². The van der Waals surface area contributed by atoms with Gasteiger partial charge < -0.3 is 19.3 Å². The van der Waals surface area contributed by atoms with Crippen molar-refractivity contribution in [3.05, 3.63) is 94.6 Å². The monoisotopic (exact) mass is 678 g/mol. The molecule has 0 radical (unpaired) electrons. The number of fused-ring (bicyclic) bond motifs is 1. The van der Waals surface area contributed by atoms with Crippen LogP contribution in [-0.4, -0.2) is 81.2 Å². The van der Waals surface area contributed by atoms with Crippen molar-refractivity contribution in [1.29, 1.82) is 0 Å². The molecule has 4 heterocycles. The smallest absolute Gasteiger partial charge is 0.271 e. The number of hydrogen-bond donors (Lipinski definition) is 1. The van der Waals surface area contributed by atoms with Gasteiger partial charge in [-0.3, -0.25) is 14.6 Å². The summed E-state index contributed by atoms with van der Waals surface area (Å²) in [6.45, 7) is 4.62. The molecule has 3 aliphatic rings.